The van der Waals surface area contributed by atoms with Crippen LogP contribution in [-0.2, 0) is 6.54 Å². The van der Waals surface area contributed by atoms with Crippen LogP contribution in [0, 0.1) is 0 Å². The normalized spacial score (nSPS) is 11.2. The van der Waals surface area contributed by atoms with Gasteiger partial charge in [-0.05, 0) is 18.1 Å². The Kier molecular flexibility index (Phi) is 5.41. The molecule has 0 unspecified atom stereocenters. The third-order valence-corrected chi connectivity index (χ3v) is 4.25. The topological polar surface area (TPSA) is 30.7 Å². The van der Waals surface area contributed by atoms with E-state index < -0.39 is 0 Å². The van der Waals surface area contributed by atoms with Crippen LogP contribution >= 0.6 is 0 Å². The van der Waals surface area contributed by atoms with Crippen molar-refractivity contribution < 1.29 is 0 Å². The molecule has 23 heavy (non-hydrogen) atoms. The number of rotatable bonds is 8. The molecule has 0 saturated heterocycles. The largest absolute Gasteiger partial charge is 0.184 e. The van der Waals surface area contributed by atoms with Gasteiger partial charge in [-0.15, -0.1) is 0 Å². The van der Waals surface area contributed by atoms with Crippen molar-refractivity contribution in [1.82, 2.24) is 15.0 Å². The first kappa shape index (κ1) is 15.7. The Bertz CT molecular complexity index is 731. The van der Waals surface area contributed by atoms with Crippen molar-refractivity contribution in [3.63, 3.8) is 0 Å². The zero-order chi connectivity index (χ0) is 15.9. The van der Waals surface area contributed by atoms with Crippen LogP contribution in [-0.4, -0.2) is 15.0 Å². The first-order chi connectivity index (χ1) is 11.4. The lowest BCUT2D eigenvalue weighted by atomic mass is 10.0. The lowest BCUT2D eigenvalue weighted by Crippen LogP contribution is -2.02. The summed E-state index contributed by atoms with van der Waals surface area (Å²) in [6.07, 6.45) is 7.75. The highest BCUT2D eigenvalue weighted by Gasteiger charge is 2.08. The molecule has 3 aromatic rings. The lowest BCUT2D eigenvalue weighted by Gasteiger charge is -2.01. The minimum atomic E-state index is 0.912. The highest BCUT2D eigenvalue weighted by atomic mass is 15.5. The van der Waals surface area contributed by atoms with Crippen LogP contribution in [0.2, 0.25) is 0 Å². The number of fused-ring (bicyclic) bond motifs is 1. The van der Waals surface area contributed by atoms with Gasteiger partial charge in [0.25, 0.3) is 0 Å². The van der Waals surface area contributed by atoms with Crippen LogP contribution < -0.4 is 0 Å². The Morgan fingerprint density at radius 1 is 0.783 bits per heavy atom. The average molecular weight is 307 g/mol. The molecule has 1 heterocycles. The van der Waals surface area contributed by atoms with E-state index in [1.54, 1.807) is 0 Å². The predicted molar refractivity (Wildman–Crippen MR) is 96.3 cm³/mol. The van der Waals surface area contributed by atoms with E-state index in [2.05, 4.69) is 48.4 Å². The van der Waals surface area contributed by atoms with Gasteiger partial charge >= 0.3 is 0 Å². The van der Waals surface area contributed by atoms with Gasteiger partial charge in [-0.3, -0.25) is 0 Å². The summed E-state index contributed by atoms with van der Waals surface area (Å²) in [6.45, 7) is 3.17. The van der Waals surface area contributed by atoms with Crippen molar-refractivity contribution in [3.05, 3.63) is 48.5 Å². The molecule has 120 valence electrons. The molecule has 0 spiro atoms. The summed E-state index contributed by atoms with van der Waals surface area (Å²) in [6, 6.07) is 16.7. The smallest absolute Gasteiger partial charge is 0.121 e. The third kappa shape index (κ3) is 3.98. The molecule has 0 saturated carbocycles. The summed E-state index contributed by atoms with van der Waals surface area (Å²) in [5.74, 6) is 0. The van der Waals surface area contributed by atoms with Gasteiger partial charge in [0.2, 0.25) is 0 Å². The van der Waals surface area contributed by atoms with Crippen molar-refractivity contribution in [1.29, 1.82) is 0 Å². The van der Waals surface area contributed by atoms with E-state index in [-0.39, 0.29) is 0 Å². The minimum absolute atomic E-state index is 0.912. The molecule has 0 aliphatic carbocycles. The first-order valence-electron chi connectivity index (χ1n) is 8.78. The number of aromatic nitrogens is 3. The third-order valence-electron chi connectivity index (χ3n) is 4.25. The second kappa shape index (κ2) is 7.91. The van der Waals surface area contributed by atoms with E-state index in [1.165, 1.54) is 37.7 Å². The number of hydrogen-bond acceptors (Lipinski definition) is 2. The van der Waals surface area contributed by atoms with Crippen molar-refractivity contribution in [3.8, 4) is 11.1 Å². The van der Waals surface area contributed by atoms with Gasteiger partial charge in [0.05, 0.1) is 6.54 Å². The van der Waals surface area contributed by atoms with Crippen LogP contribution in [0.4, 0.5) is 0 Å². The van der Waals surface area contributed by atoms with Gasteiger partial charge in [-0.2, -0.15) is 15.0 Å². The Labute approximate surface area is 138 Å². The second-order valence-corrected chi connectivity index (χ2v) is 6.10. The quantitative estimate of drug-likeness (QED) is 0.517. The van der Waals surface area contributed by atoms with E-state index >= 15 is 0 Å². The number of aryl methyl sites for hydroxylation is 1. The van der Waals surface area contributed by atoms with E-state index in [1.807, 2.05) is 16.9 Å². The average Bonchev–Trinajstić information content (AvgIpc) is 3.01. The molecule has 3 nitrogen and oxygen atoms in total. The molecule has 0 amide bonds. The zero-order valence-corrected chi connectivity index (χ0v) is 13.9. The molecule has 2 aromatic carbocycles. The van der Waals surface area contributed by atoms with E-state index in [9.17, 15) is 0 Å². The highest BCUT2D eigenvalue weighted by Crippen LogP contribution is 2.26. The van der Waals surface area contributed by atoms with Gasteiger partial charge in [0.1, 0.15) is 11.0 Å². The van der Waals surface area contributed by atoms with E-state index in [0.29, 0.717) is 0 Å². The van der Waals surface area contributed by atoms with Crippen LogP contribution in [0.3, 0.4) is 0 Å². The summed E-state index contributed by atoms with van der Waals surface area (Å²) < 4.78 is 0. The maximum Gasteiger partial charge on any atom is 0.121 e. The number of benzene rings is 2. The summed E-state index contributed by atoms with van der Waals surface area (Å²) in [7, 11) is 0. The fraction of sp³-hybridized carbons (Fsp3) is 0.400. The number of unbranched alkanes of at least 4 members (excludes halogenated alkanes) is 5. The molecule has 0 fully saturated rings. The monoisotopic (exact) mass is 307 g/mol. The molecule has 3 heteroatoms. The molecule has 0 radical (unpaired) electrons. The Balaban J connectivity index is 1.70. The van der Waals surface area contributed by atoms with Crippen LogP contribution in [0.15, 0.2) is 48.5 Å². The minimum Gasteiger partial charge on any atom is -0.184 e. The van der Waals surface area contributed by atoms with Gasteiger partial charge in [0.15, 0.2) is 0 Å². The molecule has 0 bridgehead atoms. The summed E-state index contributed by atoms with van der Waals surface area (Å²) in [5.41, 5.74) is 4.35. The molecule has 0 aliphatic rings. The SMILES string of the molecule is CCCCCCCCn1nc2cccc(-c3ccccc3)c2n1. The Hall–Kier alpha value is -2.16. The van der Waals surface area contributed by atoms with Gasteiger partial charge < -0.3 is 0 Å². The summed E-state index contributed by atoms with van der Waals surface area (Å²) >= 11 is 0. The Morgan fingerprint density at radius 2 is 1.57 bits per heavy atom. The maximum absolute atomic E-state index is 4.73. The fourth-order valence-corrected chi connectivity index (χ4v) is 2.96. The van der Waals surface area contributed by atoms with Crippen molar-refractivity contribution in [2.45, 2.75) is 52.0 Å². The summed E-state index contributed by atoms with van der Waals surface area (Å²) in [4.78, 5) is 1.87. The van der Waals surface area contributed by atoms with Gasteiger partial charge in [0, 0.05) is 5.56 Å². The van der Waals surface area contributed by atoms with Gasteiger partial charge in [-0.25, -0.2) is 0 Å². The van der Waals surface area contributed by atoms with E-state index in [0.717, 1.165) is 29.6 Å². The van der Waals surface area contributed by atoms with Crippen LogP contribution in [0.5, 0.6) is 0 Å². The number of hydrogen-bond donors (Lipinski definition) is 0. The molecule has 3 rings (SSSR count). The Morgan fingerprint density at radius 3 is 2.39 bits per heavy atom. The highest BCUT2D eigenvalue weighted by molar-refractivity contribution is 5.91. The maximum atomic E-state index is 4.73. The fourth-order valence-electron chi connectivity index (χ4n) is 2.96. The lowest BCUT2D eigenvalue weighted by molar-refractivity contribution is 0.488. The molecular weight excluding hydrogens is 282 g/mol. The standard InChI is InChI=1S/C20H25N3/c1-2-3-4-5-6-10-16-23-21-19-15-11-14-18(20(19)22-23)17-12-8-7-9-13-17/h7-9,11-15H,2-6,10,16H2,1H3. The van der Waals surface area contributed by atoms with Crippen LogP contribution in [0.25, 0.3) is 22.2 Å². The predicted octanol–water partition coefficient (Wildman–Crippen LogP) is 5.46. The van der Waals surface area contributed by atoms with Crippen molar-refractivity contribution in [2.24, 2.45) is 0 Å². The first-order valence-corrected chi connectivity index (χ1v) is 8.78. The van der Waals surface area contributed by atoms with Gasteiger partial charge in [-0.1, -0.05) is 81.5 Å². The molecule has 0 aliphatic heterocycles. The van der Waals surface area contributed by atoms with Crippen molar-refractivity contribution in [2.75, 3.05) is 0 Å². The molecule has 0 N–H and O–H groups in total. The van der Waals surface area contributed by atoms with Crippen molar-refractivity contribution >= 4 is 11.0 Å². The second-order valence-electron chi connectivity index (χ2n) is 6.10. The zero-order valence-electron chi connectivity index (χ0n) is 13.9. The molecular formula is C20H25N3. The molecule has 1 aromatic heterocycles. The van der Waals surface area contributed by atoms with Crippen LogP contribution in [0.1, 0.15) is 45.4 Å². The summed E-state index contributed by atoms with van der Waals surface area (Å²) in [5, 5.41) is 9.37. The van der Waals surface area contributed by atoms with E-state index in [4.69, 9.17) is 5.10 Å². The molecule has 0 atom stereocenters. The number of nitrogens with zero attached hydrogens (tertiary/aromatic N) is 3.